The predicted molar refractivity (Wildman–Crippen MR) is 84.4 cm³/mol. The molecular formula is C19H14NO. The second-order valence-electron chi connectivity index (χ2n) is 4.66. The highest BCUT2D eigenvalue weighted by molar-refractivity contribution is 6.02. The van der Waals surface area contributed by atoms with Crippen molar-refractivity contribution < 1.29 is 4.79 Å². The van der Waals surface area contributed by atoms with Crippen molar-refractivity contribution in [3.05, 3.63) is 90.5 Å². The molecule has 0 aliphatic heterocycles. The fraction of sp³-hybridized carbons (Fsp3) is 0. The number of nitrogens with zero attached hydrogens (tertiary/aromatic N) is 1. The van der Waals surface area contributed by atoms with Gasteiger partial charge in [0.2, 0.25) is 0 Å². The SMILES string of the molecule is O=C([N]c1ccccc1)c1ccccc1-c1ccccc1. The van der Waals surface area contributed by atoms with E-state index in [1.54, 1.807) is 0 Å². The van der Waals surface area contributed by atoms with Gasteiger partial charge in [-0.25, -0.2) is 5.32 Å². The Kier molecular flexibility index (Phi) is 3.79. The predicted octanol–water partition coefficient (Wildman–Crippen LogP) is 4.43. The molecule has 101 valence electrons. The first kappa shape index (κ1) is 13.1. The molecule has 3 aromatic rings. The molecule has 2 nitrogen and oxygen atoms in total. The number of carbonyl (C=O) groups excluding carboxylic acids is 1. The topological polar surface area (TPSA) is 31.2 Å². The van der Waals surface area contributed by atoms with Crippen LogP contribution in [0.2, 0.25) is 0 Å². The molecule has 1 amide bonds. The van der Waals surface area contributed by atoms with E-state index in [4.69, 9.17) is 0 Å². The molecule has 3 aromatic carbocycles. The highest BCUT2D eigenvalue weighted by Crippen LogP contribution is 2.24. The Labute approximate surface area is 124 Å². The Balaban J connectivity index is 1.94. The van der Waals surface area contributed by atoms with Gasteiger partial charge in [-0.2, -0.15) is 0 Å². The molecule has 0 aliphatic rings. The van der Waals surface area contributed by atoms with Crippen LogP contribution in [-0.2, 0) is 0 Å². The van der Waals surface area contributed by atoms with Gasteiger partial charge in [-0.05, 0) is 29.3 Å². The second-order valence-corrected chi connectivity index (χ2v) is 4.66. The van der Waals surface area contributed by atoms with Gasteiger partial charge in [0.15, 0.2) is 0 Å². The van der Waals surface area contributed by atoms with Crippen molar-refractivity contribution in [3.8, 4) is 11.1 Å². The zero-order chi connectivity index (χ0) is 14.5. The quantitative estimate of drug-likeness (QED) is 0.694. The largest absolute Gasteiger partial charge is 0.278 e. The van der Waals surface area contributed by atoms with Crippen LogP contribution < -0.4 is 5.32 Å². The van der Waals surface area contributed by atoms with Crippen molar-refractivity contribution in [2.75, 3.05) is 0 Å². The zero-order valence-electron chi connectivity index (χ0n) is 11.4. The molecule has 1 radical (unpaired) electrons. The summed E-state index contributed by atoms with van der Waals surface area (Å²) in [5.74, 6) is -0.222. The van der Waals surface area contributed by atoms with Crippen molar-refractivity contribution >= 4 is 11.6 Å². The Morgan fingerprint density at radius 3 is 1.95 bits per heavy atom. The number of rotatable bonds is 3. The molecule has 0 fully saturated rings. The van der Waals surface area contributed by atoms with Crippen LogP contribution in [0.25, 0.3) is 11.1 Å². The van der Waals surface area contributed by atoms with E-state index >= 15 is 0 Å². The second kappa shape index (κ2) is 6.06. The number of carbonyl (C=O) groups is 1. The van der Waals surface area contributed by atoms with Gasteiger partial charge >= 0.3 is 0 Å². The van der Waals surface area contributed by atoms with Crippen LogP contribution in [0.5, 0.6) is 0 Å². The Morgan fingerprint density at radius 1 is 0.667 bits per heavy atom. The van der Waals surface area contributed by atoms with E-state index in [9.17, 15) is 4.79 Å². The maximum absolute atomic E-state index is 12.4. The van der Waals surface area contributed by atoms with Crippen molar-refractivity contribution in [2.45, 2.75) is 0 Å². The van der Waals surface area contributed by atoms with Gasteiger partial charge in [-0.3, -0.25) is 4.79 Å². The molecule has 0 N–H and O–H groups in total. The summed E-state index contributed by atoms with van der Waals surface area (Å²) in [4.78, 5) is 12.4. The molecule has 0 bridgehead atoms. The lowest BCUT2D eigenvalue weighted by Crippen LogP contribution is -2.11. The summed E-state index contributed by atoms with van der Waals surface area (Å²) < 4.78 is 0. The molecular weight excluding hydrogens is 258 g/mol. The van der Waals surface area contributed by atoms with Crippen LogP contribution >= 0.6 is 0 Å². The summed E-state index contributed by atoms with van der Waals surface area (Å²) in [6.45, 7) is 0. The Bertz CT molecular complexity index is 736. The summed E-state index contributed by atoms with van der Waals surface area (Å²) in [7, 11) is 0. The number of amides is 1. The van der Waals surface area contributed by atoms with E-state index in [1.807, 2.05) is 84.9 Å². The number of hydrogen-bond acceptors (Lipinski definition) is 1. The molecule has 0 saturated carbocycles. The summed E-state index contributed by atoms with van der Waals surface area (Å²) in [6.07, 6.45) is 0. The van der Waals surface area contributed by atoms with Crippen molar-refractivity contribution in [3.63, 3.8) is 0 Å². The zero-order valence-corrected chi connectivity index (χ0v) is 11.4. The van der Waals surface area contributed by atoms with E-state index in [2.05, 4.69) is 5.32 Å². The first-order valence-corrected chi connectivity index (χ1v) is 6.80. The first-order valence-electron chi connectivity index (χ1n) is 6.80. The van der Waals surface area contributed by atoms with Gasteiger partial charge in [0.25, 0.3) is 5.91 Å². The molecule has 0 heterocycles. The molecule has 0 unspecified atom stereocenters. The lowest BCUT2D eigenvalue weighted by Gasteiger charge is -2.08. The van der Waals surface area contributed by atoms with Gasteiger partial charge in [0.1, 0.15) is 0 Å². The maximum Gasteiger partial charge on any atom is 0.278 e. The molecule has 0 aliphatic carbocycles. The maximum atomic E-state index is 12.4. The summed E-state index contributed by atoms with van der Waals surface area (Å²) in [5.41, 5.74) is 3.21. The van der Waals surface area contributed by atoms with E-state index in [1.165, 1.54) is 0 Å². The molecule has 0 aromatic heterocycles. The third kappa shape index (κ3) is 3.00. The highest BCUT2D eigenvalue weighted by atomic mass is 16.1. The number of para-hydroxylation sites is 1. The van der Waals surface area contributed by atoms with Crippen molar-refractivity contribution in [1.29, 1.82) is 0 Å². The molecule has 21 heavy (non-hydrogen) atoms. The molecule has 0 atom stereocenters. The van der Waals surface area contributed by atoms with Crippen LogP contribution in [0, 0.1) is 0 Å². The van der Waals surface area contributed by atoms with Gasteiger partial charge in [-0.1, -0.05) is 66.7 Å². The Morgan fingerprint density at radius 2 is 1.24 bits per heavy atom. The summed E-state index contributed by atoms with van der Waals surface area (Å²) >= 11 is 0. The lowest BCUT2D eigenvalue weighted by molar-refractivity contribution is 0.0969. The molecule has 0 saturated heterocycles. The number of benzene rings is 3. The Hall–Kier alpha value is -2.87. The van der Waals surface area contributed by atoms with Gasteiger partial charge in [-0.15, -0.1) is 0 Å². The van der Waals surface area contributed by atoms with Gasteiger partial charge in [0.05, 0.1) is 5.69 Å². The van der Waals surface area contributed by atoms with Crippen LogP contribution in [0.15, 0.2) is 84.9 Å². The fourth-order valence-electron chi connectivity index (χ4n) is 2.22. The van der Waals surface area contributed by atoms with Crippen LogP contribution in [0.3, 0.4) is 0 Å². The minimum Gasteiger partial charge on any atom is -0.267 e. The van der Waals surface area contributed by atoms with Gasteiger partial charge in [0, 0.05) is 5.56 Å². The summed E-state index contributed by atoms with van der Waals surface area (Å²) in [6, 6.07) is 26.7. The van der Waals surface area contributed by atoms with Crippen LogP contribution in [-0.4, -0.2) is 5.91 Å². The average molecular weight is 272 g/mol. The smallest absolute Gasteiger partial charge is 0.267 e. The van der Waals surface area contributed by atoms with Crippen molar-refractivity contribution in [2.24, 2.45) is 0 Å². The normalized spacial score (nSPS) is 10.1. The fourth-order valence-corrected chi connectivity index (χ4v) is 2.22. The van der Waals surface area contributed by atoms with E-state index < -0.39 is 0 Å². The van der Waals surface area contributed by atoms with Crippen LogP contribution in [0.4, 0.5) is 5.69 Å². The average Bonchev–Trinajstić information content (AvgIpc) is 2.56. The third-order valence-electron chi connectivity index (χ3n) is 3.23. The minimum atomic E-state index is -0.222. The van der Waals surface area contributed by atoms with E-state index in [0.29, 0.717) is 11.3 Å². The van der Waals surface area contributed by atoms with E-state index in [0.717, 1.165) is 11.1 Å². The van der Waals surface area contributed by atoms with Gasteiger partial charge < -0.3 is 0 Å². The lowest BCUT2D eigenvalue weighted by atomic mass is 9.99. The first-order chi connectivity index (χ1) is 10.3. The molecule has 2 heteroatoms. The molecule has 0 spiro atoms. The molecule has 3 rings (SSSR count). The van der Waals surface area contributed by atoms with E-state index in [-0.39, 0.29) is 5.91 Å². The van der Waals surface area contributed by atoms with Crippen LogP contribution in [0.1, 0.15) is 10.4 Å². The number of hydrogen-bond donors (Lipinski definition) is 0. The third-order valence-corrected chi connectivity index (χ3v) is 3.23. The highest BCUT2D eigenvalue weighted by Gasteiger charge is 2.13. The summed E-state index contributed by atoms with van der Waals surface area (Å²) in [5, 5.41) is 4.18. The van der Waals surface area contributed by atoms with Crippen molar-refractivity contribution in [1.82, 2.24) is 5.32 Å². The standard InChI is InChI=1S/C19H14NO/c21-19(20-16-11-5-2-6-12-16)18-14-8-7-13-17(18)15-9-3-1-4-10-15/h1-14H. The minimum absolute atomic E-state index is 0.222. The monoisotopic (exact) mass is 272 g/mol.